The molecule has 1 unspecified atom stereocenters. The van der Waals surface area contributed by atoms with Gasteiger partial charge in [-0.2, -0.15) is 0 Å². The largest absolute Gasteiger partial charge is 0.492 e. The van der Waals surface area contributed by atoms with E-state index >= 15 is 0 Å². The zero-order valence-corrected chi connectivity index (χ0v) is 18.7. The van der Waals surface area contributed by atoms with Crippen LogP contribution in [0.25, 0.3) is 0 Å². The Morgan fingerprint density at radius 2 is 1.94 bits per heavy atom. The first-order valence-electron chi connectivity index (χ1n) is 10.3. The van der Waals surface area contributed by atoms with E-state index in [-0.39, 0.29) is 37.1 Å². The second kappa shape index (κ2) is 10.4. The summed E-state index contributed by atoms with van der Waals surface area (Å²) in [5.41, 5.74) is 1.79. The van der Waals surface area contributed by atoms with Gasteiger partial charge in [0.1, 0.15) is 5.75 Å². The molecule has 0 aromatic heterocycles. The SMILES string of the molecule is C=CCNS(=O)(=O)Cc1ccc(NC(=O)C2CC(=O)N(c3ccccc3OCC)C2)cc1. The Kier molecular flexibility index (Phi) is 7.66. The third-order valence-electron chi connectivity index (χ3n) is 4.98. The fourth-order valence-electron chi connectivity index (χ4n) is 3.46. The van der Waals surface area contributed by atoms with Gasteiger partial charge in [-0.1, -0.05) is 30.3 Å². The van der Waals surface area contributed by atoms with Crippen LogP contribution in [0.15, 0.2) is 61.2 Å². The average molecular weight is 458 g/mol. The molecule has 32 heavy (non-hydrogen) atoms. The van der Waals surface area contributed by atoms with Crippen LogP contribution in [0, 0.1) is 5.92 Å². The summed E-state index contributed by atoms with van der Waals surface area (Å²) in [6, 6.07) is 13.9. The number of hydrogen-bond donors (Lipinski definition) is 2. The first-order valence-corrected chi connectivity index (χ1v) is 12.0. The fraction of sp³-hybridized carbons (Fsp3) is 0.304. The molecule has 2 amide bonds. The van der Waals surface area contributed by atoms with E-state index in [1.807, 2.05) is 19.1 Å². The van der Waals surface area contributed by atoms with Crippen molar-refractivity contribution < 1.29 is 22.7 Å². The Labute approximate surface area is 188 Å². The van der Waals surface area contributed by atoms with Crippen LogP contribution in [0.1, 0.15) is 18.9 Å². The van der Waals surface area contributed by atoms with Crippen molar-refractivity contribution in [3.8, 4) is 5.75 Å². The van der Waals surface area contributed by atoms with Crippen molar-refractivity contribution in [3.63, 3.8) is 0 Å². The molecule has 0 spiro atoms. The van der Waals surface area contributed by atoms with Crippen molar-refractivity contribution in [2.45, 2.75) is 19.1 Å². The van der Waals surface area contributed by atoms with Crippen LogP contribution in [0.2, 0.25) is 0 Å². The van der Waals surface area contributed by atoms with Gasteiger partial charge < -0.3 is 15.0 Å². The summed E-state index contributed by atoms with van der Waals surface area (Å²) < 4.78 is 32.0. The summed E-state index contributed by atoms with van der Waals surface area (Å²) in [7, 11) is -3.45. The number of amides is 2. The molecule has 2 N–H and O–H groups in total. The number of nitrogens with one attached hydrogen (secondary N) is 2. The predicted molar refractivity (Wildman–Crippen MR) is 124 cm³/mol. The van der Waals surface area contributed by atoms with Crippen molar-refractivity contribution >= 4 is 33.2 Å². The molecule has 1 fully saturated rings. The van der Waals surface area contributed by atoms with E-state index in [2.05, 4.69) is 16.6 Å². The minimum Gasteiger partial charge on any atom is -0.492 e. The number of para-hydroxylation sites is 2. The summed E-state index contributed by atoms with van der Waals surface area (Å²) >= 11 is 0. The molecule has 1 heterocycles. The van der Waals surface area contributed by atoms with E-state index < -0.39 is 15.9 Å². The maximum Gasteiger partial charge on any atom is 0.229 e. The molecule has 2 aromatic carbocycles. The van der Waals surface area contributed by atoms with Gasteiger partial charge in [-0.3, -0.25) is 9.59 Å². The number of anilines is 2. The van der Waals surface area contributed by atoms with Gasteiger partial charge in [-0.25, -0.2) is 13.1 Å². The van der Waals surface area contributed by atoms with Crippen molar-refractivity contribution in [1.29, 1.82) is 0 Å². The van der Waals surface area contributed by atoms with Crippen LogP contribution in [0.3, 0.4) is 0 Å². The lowest BCUT2D eigenvalue weighted by atomic mass is 10.1. The van der Waals surface area contributed by atoms with E-state index in [1.54, 1.807) is 41.3 Å². The monoisotopic (exact) mass is 457 g/mol. The van der Waals surface area contributed by atoms with Crippen molar-refractivity contribution in [2.24, 2.45) is 5.92 Å². The van der Waals surface area contributed by atoms with Crippen molar-refractivity contribution in [3.05, 3.63) is 66.7 Å². The Morgan fingerprint density at radius 3 is 2.62 bits per heavy atom. The molecule has 0 radical (unpaired) electrons. The lowest BCUT2D eigenvalue weighted by Crippen LogP contribution is -2.28. The second-order valence-corrected chi connectivity index (χ2v) is 9.20. The number of carbonyl (C=O) groups excluding carboxylic acids is 2. The molecule has 0 aliphatic carbocycles. The molecule has 1 saturated heterocycles. The minimum atomic E-state index is -3.45. The molecule has 1 aliphatic heterocycles. The van der Waals surface area contributed by atoms with Crippen LogP contribution in [-0.4, -0.2) is 39.9 Å². The maximum absolute atomic E-state index is 12.7. The topological polar surface area (TPSA) is 105 Å². The fourth-order valence-corrected chi connectivity index (χ4v) is 4.56. The smallest absolute Gasteiger partial charge is 0.229 e. The van der Waals surface area contributed by atoms with Crippen LogP contribution in [-0.2, 0) is 25.4 Å². The highest BCUT2D eigenvalue weighted by Gasteiger charge is 2.36. The summed E-state index contributed by atoms with van der Waals surface area (Å²) in [4.78, 5) is 26.9. The van der Waals surface area contributed by atoms with Crippen molar-refractivity contribution in [2.75, 3.05) is 29.9 Å². The van der Waals surface area contributed by atoms with Crippen LogP contribution in [0.5, 0.6) is 5.75 Å². The number of sulfonamides is 1. The summed E-state index contributed by atoms with van der Waals surface area (Å²) in [5.74, 6) is -0.453. The predicted octanol–water partition coefficient (Wildman–Crippen LogP) is 2.68. The molecule has 9 heteroatoms. The van der Waals surface area contributed by atoms with Gasteiger partial charge in [-0.05, 0) is 36.8 Å². The number of hydrogen-bond acceptors (Lipinski definition) is 5. The van der Waals surface area contributed by atoms with E-state index in [4.69, 9.17) is 4.74 Å². The van der Waals surface area contributed by atoms with E-state index in [9.17, 15) is 18.0 Å². The second-order valence-electron chi connectivity index (χ2n) is 7.39. The molecule has 0 bridgehead atoms. The van der Waals surface area contributed by atoms with Gasteiger partial charge in [0.05, 0.1) is 24.0 Å². The molecule has 2 aromatic rings. The first kappa shape index (κ1) is 23.5. The zero-order chi connectivity index (χ0) is 23.1. The van der Waals surface area contributed by atoms with Gasteiger partial charge in [0.25, 0.3) is 0 Å². The molecule has 170 valence electrons. The number of nitrogens with zero attached hydrogens (tertiary/aromatic N) is 1. The van der Waals surface area contributed by atoms with Crippen LogP contribution in [0.4, 0.5) is 11.4 Å². The molecular formula is C23H27N3O5S. The van der Waals surface area contributed by atoms with E-state index in [0.29, 0.717) is 29.3 Å². The Balaban J connectivity index is 1.62. The minimum absolute atomic E-state index is 0.109. The van der Waals surface area contributed by atoms with Crippen LogP contribution >= 0.6 is 0 Å². The molecule has 8 nitrogen and oxygen atoms in total. The number of benzene rings is 2. The Bertz CT molecular complexity index is 1080. The van der Waals surface area contributed by atoms with Crippen LogP contribution < -0.4 is 19.7 Å². The highest BCUT2D eigenvalue weighted by Crippen LogP contribution is 2.33. The summed E-state index contributed by atoms with van der Waals surface area (Å²) in [6.07, 6.45) is 1.58. The molecule has 1 atom stereocenters. The standard InChI is InChI=1S/C23H27N3O5S/c1-3-13-24-32(29,30)16-17-9-11-19(12-10-17)25-23(28)18-14-22(27)26(15-18)20-7-5-6-8-21(20)31-4-2/h3,5-12,18,24H,1,4,13-16H2,2H3,(H,25,28). The van der Waals surface area contributed by atoms with Gasteiger partial charge in [0.15, 0.2) is 0 Å². The summed E-state index contributed by atoms with van der Waals surface area (Å²) in [6.45, 7) is 6.27. The number of carbonyl (C=O) groups is 2. The van der Waals surface area contributed by atoms with E-state index in [1.165, 1.54) is 6.08 Å². The van der Waals surface area contributed by atoms with Gasteiger partial charge in [0.2, 0.25) is 21.8 Å². The lowest BCUT2D eigenvalue weighted by molar-refractivity contribution is -0.122. The zero-order valence-electron chi connectivity index (χ0n) is 17.9. The highest BCUT2D eigenvalue weighted by molar-refractivity contribution is 7.88. The first-order chi connectivity index (χ1) is 15.3. The maximum atomic E-state index is 12.7. The van der Waals surface area contributed by atoms with Crippen molar-refractivity contribution in [1.82, 2.24) is 4.72 Å². The van der Waals surface area contributed by atoms with Gasteiger partial charge in [0, 0.05) is 25.2 Å². The van der Waals surface area contributed by atoms with Gasteiger partial charge >= 0.3 is 0 Å². The third kappa shape index (κ3) is 5.95. The summed E-state index contributed by atoms with van der Waals surface area (Å²) in [5, 5.41) is 2.81. The third-order valence-corrected chi connectivity index (χ3v) is 6.30. The number of rotatable bonds is 10. The highest BCUT2D eigenvalue weighted by atomic mass is 32.2. The molecule has 3 rings (SSSR count). The lowest BCUT2D eigenvalue weighted by Gasteiger charge is -2.20. The van der Waals surface area contributed by atoms with E-state index in [0.717, 1.165) is 0 Å². The number of ether oxygens (including phenoxy) is 1. The average Bonchev–Trinajstić information content (AvgIpc) is 3.16. The van der Waals surface area contributed by atoms with Gasteiger partial charge in [-0.15, -0.1) is 6.58 Å². The quantitative estimate of drug-likeness (QED) is 0.534. The normalized spacial score (nSPS) is 16.1. The Hall–Kier alpha value is -3.17. The Morgan fingerprint density at radius 1 is 1.22 bits per heavy atom. The molecule has 0 saturated carbocycles. The molecular weight excluding hydrogens is 430 g/mol. The molecule has 1 aliphatic rings.